The van der Waals surface area contributed by atoms with Gasteiger partial charge in [0.15, 0.2) is 0 Å². The number of anilines is 2. The van der Waals surface area contributed by atoms with Crippen molar-refractivity contribution in [3.8, 4) is 11.3 Å². The summed E-state index contributed by atoms with van der Waals surface area (Å²) in [5, 5.41) is 5.72. The quantitative estimate of drug-likeness (QED) is 0.267. The second-order valence-corrected chi connectivity index (χ2v) is 12.9. The number of aryl methyl sites for hydroxylation is 1. The Morgan fingerprint density at radius 2 is 1.83 bits per heavy atom. The summed E-state index contributed by atoms with van der Waals surface area (Å²) in [6, 6.07) is 14.6. The number of rotatable bonds is 7. The molecule has 0 fully saturated rings. The molecule has 0 aliphatic heterocycles. The Morgan fingerprint density at radius 3 is 2.47 bits per heavy atom. The van der Waals surface area contributed by atoms with E-state index in [0.29, 0.717) is 20.7 Å². The number of benzene rings is 2. The number of esters is 1. The highest BCUT2D eigenvalue weighted by molar-refractivity contribution is 9.11. The number of thiophene rings is 1. The van der Waals surface area contributed by atoms with Crippen molar-refractivity contribution in [3.05, 3.63) is 79.2 Å². The van der Waals surface area contributed by atoms with Gasteiger partial charge in [0.25, 0.3) is 15.9 Å². The predicted octanol–water partition coefficient (Wildman–Crippen LogP) is 5.81. The van der Waals surface area contributed by atoms with Gasteiger partial charge in [-0.3, -0.25) is 9.10 Å². The van der Waals surface area contributed by atoms with Gasteiger partial charge in [0, 0.05) is 23.7 Å². The number of thiazole rings is 1. The van der Waals surface area contributed by atoms with Gasteiger partial charge in [0.2, 0.25) is 0 Å². The number of hydrogen-bond acceptors (Lipinski definition) is 8. The first-order valence-electron chi connectivity index (χ1n) is 10.4. The van der Waals surface area contributed by atoms with Crippen LogP contribution in [-0.4, -0.2) is 39.4 Å². The molecule has 2 aromatic carbocycles. The van der Waals surface area contributed by atoms with E-state index in [1.807, 2.05) is 30.5 Å². The molecule has 36 heavy (non-hydrogen) atoms. The van der Waals surface area contributed by atoms with Crippen LogP contribution in [0.3, 0.4) is 0 Å². The van der Waals surface area contributed by atoms with Crippen LogP contribution in [0.1, 0.15) is 25.0 Å². The number of carbonyl (C=O) groups is 2. The first-order valence-corrected chi connectivity index (χ1v) is 14.3. The number of nitrogens with zero attached hydrogens (tertiary/aromatic N) is 2. The van der Waals surface area contributed by atoms with Gasteiger partial charge < -0.3 is 10.1 Å². The van der Waals surface area contributed by atoms with E-state index in [0.717, 1.165) is 31.9 Å². The average Bonchev–Trinajstić information content (AvgIpc) is 3.49. The van der Waals surface area contributed by atoms with E-state index in [9.17, 15) is 18.0 Å². The molecule has 186 valence electrons. The number of amides is 1. The zero-order chi connectivity index (χ0) is 26.0. The van der Waals surface area contributed by atoms with Crippen LogP contribution >= 0.6 is 38.6 Å². The molecule has 0 unspecified atom stereocenters. The predicted molar refractivity (Wildman–Crippen MR) is 146 cm³/mol. The summed E-state index contributed by atoms with van der Waals surface area (Å²) in [6.45, 7) is 1.93. The van der Waals surface area contributed by atoms with Crippen molar-refractivity contribution in [1.29, 1.82) is 0 Å². The fraction of sp³-hybridized carbons (Fsp3) is 0.125. The number of nitrogens with one attached hydrogen (secondary N) is 1. The molecule has 0 saturated heterocycles. The lowest BCUT2D eigenvalue weighted by Gasteiger charge is -2.19. The number of carbonyl (C=O) groups excluding carboxylic acids is 2. The fourth-order valence-corrected chi connectivity index (χ4v) is 7.52. The highest BCUT2D eigenvalue weighted by atomic mass is 79.9. The smallest absolute Gasteiger partial charge is 0.337 e. The number of ether oxygens (including phenoxy) is 1. The van der Waals surface area contributed by atoms with Gasteiger partial charge in [-0.05, 0) is 65.3 Å². The average molecular weight is 607 g/mol. The Bertz CT molecular complexity index is 1550. The monoisotopic (exact) mass is 605 g/mol. The molecule has 2 heterocycles. The second-order valence-electron chi connectivity index (χ2n) is 7.55. The summed E-state index contributed by atoms with van der Waals surface area (Å²) in [4.78, 5) is 29.2. The van der Waals surface area contributed by atoms with E-state index in [2.05, 4.69) is 31.0 Å². The molecule has 2 aromatic heterocycles. The van der Waals surface area contributed by atoms with Crippen LogP contribution < -0.4 is 9.62 Å². The Morgan fingerprint density at radius 1 is 1.11 bits per heavy atom. The van der Waals surface area contributed by atoms with E-state index in [1.54, 1.807) is 17.4 Å². The van der Waals surface area contributed by atoms with Gasteiger partial charge in [0.05, 0.1) is 37.7 Å². The van der Waals surface area contributed by atoms with Crippen molar-refractivity contribution in [3.63, 3.8) is 0 Å². The molecule has 0 atom stereocenters. The van der Waals surface area contributed by atoms with Crippen molar-refractivity contribution in [2.75, 3.05) is 23.8 Å². The lowest BCUT2D eigenvalue weighted by atomic mass is 10.1. The fourth-order valence-electron chi connectivity index (χ4n) is 3.30. The van der Waals surface area contributed by atoms with Gasteiger partial charge in [-0.1, -0.05) is 12.1 Å². The van der Waals surface area contributed by atoms with Crippen molar-refractivity contribution in [2.45, 2.75) is 11.8 Å². The van der Waals surface area contributed by atoms with Crippen LogP contribution in [-0.2, 0) is 14.8 Å². The van der Waals surface area contributed by atoms with E-state index in [-0.39, 0.29) is 9.77 Å². The topological polar surface area (TPSA) is 106 Å². The van der Waals surface area contributed by atoms with Crippen LogP contribution in [0.2, 0.25) is 0 Å². The Kier molecular flexibility index (Phi) is 7.59. The normalized spacial score (nSPS) is 11.2. The van der Waals surface area contributed by atoms with Crippen LogP contribution in [0, 0.1) is 6.92 Å². The maximum Gasteiger partial charge on any atom is 0.337 e. The Balaban J connectivity index is 1.54. The maximum absolute atomic E-state index is 13.3. The van der Waals surface area contributed by atoms with Crippen LogP contribution in [0.4, 0.5) is 11.4 Å². The van der Waals surface area contributed by atoms with Gasteiger partial charge in [-0.25, -0.2) is 18.2 Å². The molecule has 4 aromatic rings. The van der Waals surface area contributed by atoms with Crippen molar-refractivity contribution >= 4 is 71.9 Å². The Labute approximate surface area is 224 Å². The Hall–Kier alpha value is -3.06. The number of hydrogen-bond donors (Lipinski definition) is 1. The molecular weight excluding hydrogens is 586 g/mol. The zero-order valence-electron chi connectivity index (χ0n) is 19.3. The summed E-state index contributed by atoms with van der Waals surface area (Å²) < 4.78 is 32.7. The third-order valence-electron chi connectivity index (χ3n) is 5.20. The first-order chi connectivity index (χ1) is 17.1. The molecule has 1 N–H and O–H groups in total. The number of aromatic nitrogens is 1. The molecular formula is C24H20BrN3O5S3. The summed E-state index contributed by atoms with van der Waals surface area (Å²) >= 11 is 5.86. The number of methoxy groups -OCH3 is 1. The SMILES string of the molecule is COC(=O)c1ccc(N(C)S(=O)(=O)c2cc(C(=O)Nc3cccc(-c4csc(C)n4)c3)sc2Br)cc1. The molecule has 0 aliphatic rings. The third-order valence-corrected chi connectivity index (χ3v) is 10.0. The van der Waals surface area contributed by atoms with Crippen LogP contribution in [0.25, 0.3) is 11.3 Å². The molecule has 0 radical (unpaired) electrons. The van der Waals surface area contributed by atoms with Gasteiger partial charge in [0.1, 0.15) is 4.90 Å². The zero-order valence-corrected chi connectivity index (χ0v) is 23.3. The largest absolute Gasteiger partial charge is 0.465 e. The third kappa shape index (κ3) is 5.36. The number of halogens is 1. The molecule has 0 spiro atoms. The van der Waals surface area contributed by atoms with E-state index in [4.69, 9.17) is 0 Å². The van der Waals surface area contributed by atoms with Crippen molar-refractivity contribution in [1.82, 2.24) is 4.98 Å². The molecule has 1 amide bonds. The molecule has 12 heteroatoms. The minimum absolute atomic E-state index is 0.0381. The number of sulfonamides is 1. The van der Waals surface area contributed by atoms with E-state index < -0.39 is 21.9 Å². The van der Waals surface area contributed by atoms with Gasteiger partial charge in [-0.15, -0.1) is 22.7 Å². The van der Waals surface area contributed by atoms with Gasteiger partial charge in [-0.2, -0.15) is 0 Å². The summed E-state index contributed by atoms with van der Waals surface area (Å²) in [6.07, 6.45) is 0. The summed E-state index contributed by atoms with van der Waals surface area (Å²) in [5.74, 6) is -0.950. The maximum atomic E-state index is 13.3. The molecule has 0 bridgehead atoms. The standard InChI is InChI=1S/C24H20BrN3O5S3/c1-14-26-19(13-34-14)16-5-4-6-17(11-16)27-23(29)20-12-21(22(25)35-20)36(31,32)28(2)18-9-7-15(8-10-18)24(30)33-3/h4-13H,1-3H3,(H,27,29). The van der Waals surface area contributed by atoms with Crippen molar-refractivity contribution < 1.29 is 22.7 Å². The van der Waals surface area contributed by atoms with Crippen LogP contribution in [0.5, 0.6) is 0 Å². The molecule has 0 saturated carbocycles. The van der Waals surface area contributed by atoms with E-state index in [1.165, 1.54) is 44.5 Å². The van der Waals surface area contributed by atoms with E-state index >= 15 is 0 Å². The first kappa shape index (κ1) is 26.0. The minimum atomic E-state index is -3.99. The highest BCUT2D eigenvalue weighted by Crippen LogP contribution is 2.35. The summed E-state index contributed by atoms with van der Waals surface area (Å²) in [7, 11) is -1.32. The second kappa shape index (κ2) is 10.5. The van der Waals surface area contributed by atoms with Gasteiger partial charge >= 0.3 is 5.97 Å². The molecule has 4 rings (SSSR count). The molecule has 0 aliphatic carbocycles. The summed E-state index contributed by atoms with van der Waals surface area (Å²) in [5.41, 5.74) is 2.91. The van der Waals surface area contributed by atoms with Crippen LogP contribution in [0.15, 0.2) is 68.7 Å². The van der Waals surface area contributed by atoms with Crippen molar-refractivity contribution in [2.24, 2.45) is 0 Å². The molecule has 8 nitrogen and oxygen atoms in total. The lowest BCUT2D eigenvalue weighted by Crippen LogP contribution is -2.26. The lowest BCUT2D eigenvalue weighted by molar-refractivity contribution is 0.0600. The highest BCUT2D eigenvalue weighted by Gasteiger charge is 2.28. The minimum Gasteiger partial charge on any atom is -0.465 e.